The molecule has 27 heavy (non-hydrogen) atoms. The first kappa shape index (κ1) is 18.9. The minimum absolute atomic E-state index is 0.0489. The summed E-state index contributed by atoms with van der Waals surface area (Å²) in [6.07, 6.45) is 8.41. The molecule has 6 heteroatoms. The van der Waals surface area contributed by atoms with Crippen molar-refractivity contribution in [2.45, 2.75) is 62.8 Å². The van der Waals surface area contributed by atoms with Crippen molar-refractivity contribution in [2.75, 3.05) is 19.3 Å². The van der Waals surface area contributed by atoms with E-state index in [1.165, 1.54) is 36.6 Å². The summed E-state index contributed by atoms with van der Waals surface area (Å²) in [5, 5.41) is 0. The van der Waals surface area contributed by atoms with E-state index in [1.807, 2.05) is 4.90 Å². The Kier molecular flexibility index (Phi) is 5.30. The Bertz CT molecular complexity index is 803. The third-order valence-corrected chi connectivity index (χ3v) is 7.23. The van der Waals surface area contributed by atoms with Crippen molar-refractivity contribution >= 4 is 15.9 Å². The molecule has 1 amide bonds. The van der Waals surface area contributed by atoms with E-state index in [9.17, 15) is 13.2 Å². The second-order valence-electron chi connectivity index (χ2n) is 8.55. The fourth-order valence-electron chi connectivity index (χ4n) is 4.72. The van der Waals surface area contributed by atoms with Crippen molar-refractivity contribution in [3.63, 3.8) is 0 Å². The number of carbonyl (C=O) groups is 1. The van der Waals surface area contributed by atoms with Crippen LogP contribution in [0.2, 0.25) is 0 Å². The van der Waals surface area contributed by atoms with Gasteiger partial charge in [0, 0.05) is 25.0 Å². The normalized spacial score (nSPS) is 29.1. The van der Waals surface area contributed by atoms with E-state index in [1.54, 1.807) is 0 Å². The van der Waals surface area contributed by atoms with E-state index in [0.29, 0.717) is 24.8 Å². The summed E-state index contributed by atoms with van der Waals surface area (Å²) in [4.78, 5) is 15.0. The second kappa shape index (κ2) is 7.55. The molecule has 0 aromatic heterocycles. The van der Waals surface area contributed by atoms with Gasteiger partial charge in [0.25, 0.3) is 0 Å². The molecule has 3 aliphatic rings. The van der Waals surface area contributed by atoms with Crippen LogP contribution in [-0.2, 0) is 14.8 Å². The molecule has 5 nitrogen and oxygen atoms in total. The van der Waals surface area contributed by atoms with Crippen LogP contribution < -0.4 is 4.72 Å². The Labute approximate surface area is 162 Å². The number of likely N-dealkylation sites (tertiary alicyclic amines) is 1. The summed E-state index contributed by atoms with van der Waals surface area (Å²) in [6, 6.07) is 8.66. The number of nitrogens with zero attached hydrogens (tertiary/aromatic N) is 1. The van der Waals surface area contributed by atoms with Gasteiger partial charge < -0.3 is 4.90 Å². The average Bonchev–Trinajstić information content (AvgIpc) is 3.36. The van der Waals surface area contributed by atoms with Gasteiger partial charge in [-0.05, 0) is 61.5 Å². The molecule has 1 saturated heterocycles. The first-order valence-electron chi connectivity index (χ1n) is 10.3. The summed E-state index contributed by atoms with van der Waals surface area (Å²) >= 11 is 0. The summed E-state index contributed by atoms with van der Waals surface area (Å²) in [5.74, 6) is 1.45. The molecule has 1 aromatic carbocycles. The fourth-order valence-corrected chi connectivity index (χ4v) is 5.56. The van der Waals surface area contributed by atoms with Crippen molar-refractivity contribution in [1.82, 2.24) is 9.62 Å². The van der Waals surface area contributed by atoms with Crippen LogP contribution in [0.5, 0.6) is 0 Å². The molecule has 0 bridgehead atoms. The Morgan fingerprint density at radius 3 is 2.44 bits per heavy atom. The number of hydrogen-bond acceptors (Lipinski definition) is 3. The van der Waals surface area contributed by atoms with Crippen LogP contribution in [0, 0.1) is 5.92 Å². The first-order valence-corrected chi connectivity index (χ1v) is 12.2. The van der Waals surface area contributed by atoms with Gasteiger partial charge in [0.1, 0.15) is 0 Å². The van der Waals surface area contributed by atoms with E-state index in [2.05, 4.69) is 29.0 Å². The number of nitrogens with one attached hydrogen (secondary N) is 1. The zero-order chi connectivity index (χ0) is 19.0. The third-order valence-electron chi connectivity index (χ3n) is 6.47. The Morgan fingerprint density at radius 1 is 1.04 bits per heavy atom. The Morgan fingerprint density at radius 2 is 1.78 bits per heavy atom. The molecule has 3 fully saturated rings. The quantitative estimate of drug-likeness (QED) is 0.840. The largest absolute Gasteiger partial charge is 0.342 e. The van der Waals surface area contributed by atoms with Gasteiger partial charge in [-0.3, -0.25) is 4.79 Å². The second-order valence-corrected chi connectivity index (χ2v) is 10.3. The predicted octanol–water partition coefficient (Wildman–Crippen LogP) is 2.99. The molecule has 4 rings (SSSR count). The highest BCUT2D eigenvalue weighted by atomic mass is 32.2. The maximum atomic E-state index is 13.0. The average molecular weight is 391 g/mol. The van der Waals surface area contributed by atoms with Gasteiger partial charge in [-0.1, -0.05) is 30.7 Å². The standard InChI is InChI=1S/C21H30N2O3S/c1-27(25,26)22-16-8-5-12-23(13-11-16)21(24)20-14-19(20)18-10-3-2-9-17(18)15-6-4-7-15/h2-3,9-10,15-16,19-20,22H,4-8,11-14H2,1H3/t16-,19-,20+/m0/s1. The SMILES string of the molecule is CS(=O)(=O)N[C@H]1CCCN(C(=O)[C@@H]2C[C@H]2c2ccccc2C2CCC2)CC1. The molecule has 1 N–H and O–H groups in total. The fraction of sp³-hybridized carbons (Fsp3) is 0.667. The van der Waals surface area contributed by atoms with Gasteiger partial charge in [-0.25, -0.2) is 13.1 Å². The molecule has 2 aliphatic carbocycles. The van der Waals surface area contributed by atoms with E-state index in [4.69, 9.17) is 0 Å². The van der Waals surface area contributed by atoms with Crippen molar-refractivity contribution in [2.24, 2.45) is 5.92 Å². The van der Waals surface area contributed by atoms with Crippen molar-refractivity contribution in [1.29, 1.82) is 0 Å². The monoisotopic (exact) mass is 390 g/mol. The highest BCUT2D eigenvalue weighted by molar-refractivity contribution is 7.88. The third kappa shape index (κ3) is 4.37. The van der Waals surface area contributed by atoms with Gasteiger partial charge in [0.2, 0.25) is 15.9 Å². The van der Waals surface area contributed by atoms with E-state index < -0.39 is 10.0 Å². The van der Waals surface area contributed by atoms with Crippen molar-refractivity contribution in [3.8, 4) is 0 Å². The smallest absolute Gasteiger partial charge is 0.226 e. The van der Waals surface area contributed by atoms with Crippen LogP contribution >= 0.6 is 0 Å². The first-order chi connectivity index (χ1) is 12.9. The summed E-state index contributed by atoms with van der Waals surface area (Å²) < 4.78 is 25.6. The van der Waals surface area contributed by atoms with Crippen LogP contribution in [0.25, 0.3) is 0 Å². The lowest BCUT2D eigenvalue weighted by molar-refractivity contribution is -0.132. The molecule has 0 spiro atoms. The maximum absolute atomic E-state index is 13.0. The molecular weight excluding hydrogens is 360 g/mol. The van der Waals surface area contributed by atoms with Crippen molar-refractivity contribution < 1.29 is 13.2 Å². The highest BCUT2D eigenvalue weighted by Crippen LogP contribution is 2.52. The predicted molar refractivity (Wildman–Crippen MR) is 106 cm³/mol. The lowest BCUT2D eigenvalue weighted by Gasteiger charge is -2.28. The Balaban J connectivity index is 1.38. The van der Waals surface area contributed by atoms with Crippen LogP contribution in [0.4, 0.5) is 0 Å². The number of rotatable bonds is 5. The van der Waals surface area contributed by atoms with Crippen molar-refractivity contribution in [3.05, 3.63) is 35.4 Å². The summed E-state index contributed by atoms with van der Waals surface area (Å²) in [5.41, 5.74) is 2.87. The zero-order valence-corrected chi connectivity index (χ0v) is 16.9. The highest BCUT2D eigenvalue weighted by Gasteiger charge is 2.47. The topological polar surface area (TPSA) is 66.5 Å². The van der Waals surface area contributed by atoms with Gasteiger partial charge in [0.05, 0.1) is 6.26 Å². The zero-order valence-electron chi connectivity index (χ0n) is 16.1. The molecule has 148 valence electrons. The molecule has 1 aliphatic heterocycles. The van der Waals surface area contributed by atoms with Crippen LogP contribution in [-0.4, -0.2) is 44.6 Å². The van der Waals surface area contributed by atoms with E-state index in [0.717, 1.165) is 25.8 Å². The lowest BCUT2D eigenvalue weighted by Crippen LogP contribution is -2.36. The minimum atomic E-state index is -3.19. The molecular formula is C21H30N2O3S. The number of carbonyl (C=O) groups excluding carboxylic acids is 1. The van der Waals surface area contributed by atoms with Gasteiger partial charge in [-0.15, -0.1) is 0 Å². The summed E-state index contributed by atoms with van der Waals surface area (Å²) in [6.45, 7) is 1.40. The maximum Gasteiger partial charge on any atom is 0.226 e. The van der Waals surface area contributed by atoms with Gasteiger partial charge in [-0.2, -0.15) is 0 Å². The molecule has 1 heterocycles. The van der Waals surface area contributed by atoms with E-state index in [-0.39, 0.29) is 17.9 Å². The summed E-state index contributed by atoms with van der Waals surface area (Å²) in [7, 11) is -3.19. The number of sulfonamides is 1. The molecule has 0 radical (unpaired) electrons. The number of hydrogen-bond donors (Lipinski definition) is 1. The van der Waals surface area contributed by atoms with Crippen LogP contribution in [0.3, 0.4) is 0 Å². The van der Waals surface area contributed by atoms with E-state index >= 15 is 0 Å². The minimum Gasteiger partial charge on any atom is -0.342 e. The van der Waals surface area contributed by atoms with Crippen LogP contribution in [0.15, 0.2) is 24.3 Å². The molecule has 2 saturated carbocycles. The lowest BCUT2D eigenvalue weighted by atomic mass is 9.77. The van der Waals surface area contributed by atoms with Crippen LogP contribution in [0.1, 0.15) is 67.9 Å². The van der Waals surface area contributed by atoms with Gasteiger partial charge in [0.15, 0.2) is 0 Å². The molecule has 1 aromatic rings. The Hall–Kier alpha value is -1.40. The number of amides is 1. The number of benzene rings is 1. The van der Waals surface area contributed by atoms with Gasteiger partial charge >= 0.3 is 0 Å². The molecule has 3 atom stereocenters. The molecule has 0 unspecified atom stereocenters.